The van der Waals surface area contributed by atoms with Crippen molar-refractivity contribution in [3.8, 4) is 0 Å². The van der Waals surface area contributed by atoms with Crippen LogP contribution < -0.4 is 0 Å². The Kier molecular flexibility index (Phi) is 8.10. The lowest BCUT2D eigenvalue weighted by molar-refractivity contribution is 0.0316. The van der Waals surface area contributed by atoms with Crippen molar-refractivity contribution >= 4 is 0 Å². The third kappa shape index (κ3) is 5.96. The molecule has 0 bridgehead atoms. The minimum atomic E-state index is -0.496. The van der Waals surface area contributed by atoms with Gasteiger partial charge in [-0.25, -0.2) is 4.39 Å². The molecule has 0 aromatic heterocycles. The first-order valence-electron chi connectivity index (χ1n) is 12.6. The largest absolute Gasteiger partial charge is 0.247 e. The van der Waals surface area contributed by atoms with Crippen molar-refractivity contribution in [2.45, 2.75) is 117 Å². The smallest absolute Gasteiger partial charge is 0.103 e. The standard InChI is InChI=1S/C26H47F/c1-18(2)5-8-20(4)21-11-13-22(14-12-21)24-15-16-25(26(27)17-24)23-9-6-19(3)7-10-23/h18-26H,5-17H2,1-4H3. The fourth-order valence-corrected chi connectivity index (χ4v) is 6.86. The normalized spacial score (nSPS) is 42.2. The Balaban J connectivity index is 1.41. The van der Waals surface area contributed by atoms with Crippen molar-refractivity contribution in [2.75, 3.05) is 0 Å². The number of hydrogen-bond acceptors (Lipinski definition) is 0. The minimum absolute atomic E-state index is 0.404. The monoisotopic (exact) mass is 378 g/mol. The number of hydrogen-bond donors (Lipinski definition) is 0. The molecule has 27 heavy (non-hydrogen) atoms. The van der Waals surface area contributed by atoms with Crippen LogP contribution >= 0.6 is 0 Å². The zero-order valence-corrected chi connectivity index (χ0v) is 18.8. The highest BCUT2D eigenvalue weighted by Crippen LogP contribution is 2.47. The summed E-state index contributed by atoms with van der Waals surface area (Å²) in [5.41, 5.74) is 0. The maximum absolute atomic E-state index is 15.1. The zero-order chi connectivity index (χ0) is 19.4. The topological polar surface area (TPSA) is 0 Å². The minimum Gasteiger partial charge on any atom is -0.247 e. The SMILES string of the molecule is CC(C)CCC(C)C1CCC(C2CCC(C3CCC(C)CC3)C(F)C2)CC1. The van der Waals surface area contributed by atoms with Crippen LogP contribution in [-0.2, 0) is 0 Å². The van der Waals surface area contributed by atoms with Gasteiger partial charge in [0, 0.05) is 0 Å². The van der Waals surface area contributed by atoms with Crippen LogP contribution in [0.4, 0.5) is 4.39 Å². The van der Waals surface area contributed by atoms with E-state index in [4.69, 9.17) is 0 Å². The molecule has 0 aromatic carbocycles. The molecule has 158 valence electrons. The molecular weight excluding hydrogens is 331 g/mol. The summed E-state index contributed by atoms with van der Waals surface area (Å²) < 4.78 is 15.1. The highest BCUT2D eigenvalue weighted by atomic mass is 19.1. The molecule has 0 amide bonds. The van der Waals surface area contributed by atoms with E-state index in [0.717, 1.165) is 36.0 Å². The first-order chi connectivity index (χ1) is 12.9. The first-order valence-corrected chi connectivity index (χ1v) is 12.6. The van der Waals surface area contributed by atoms with Crippen LogP contribution in [0, 0.1) is 47.3 Å². The predicted molar refractivity (Wildman–Crippen MR) is 116 cm³/mol. The Bertz CT molecular complexity index is 414. The lowest BCUT2D eigenvalue weighted by atomic mass is 9.63. The van der Waals surface area contributed by atoms with Crippen LogP contribution in [0.1, 0.15) is 111 Å². The number of halogens is 1. The van der Waals surface area contributed by atoms with Crippen LogP contribution in [0.25, 0.3) is 0 Å². The maximum atomic E-state index is 15.1. The summed E-state index contributed by atoms with van der Waals surface area (Å²) in [4.78, 5) is 0. The summed E-state index contributed by atoms with van der Waals surface area (Å²) in [5, 5.41) is 0. The molecule has 3 aliphatic rings. The lowest BCUT2D eigenvalue weighted by Gasteiger charge is -2.43. The molecule has 0 saturated heterocycles. The van der Waals surface area contributed by atoms with E-state index in [1.807, 2.05) is 0 Å². The highest BCUT2D eigenvalue weighted by Gasteiger charge is 2.40. The molecule has 0 nitrogen and oxygen atoms in total. The van der Waals surface area contributed by atoms with Crippen molar-refractivity contribution in [3.63, 3.8) is 0 Å². The van der Waals surface area contributed by atoms with Crippen LogP contribution in [0.3, 0.4) is 0 Å². The van der Waals surface area contributed by atoms with Crippen LogP contribution in [0.15, 0.2) is 0 Å². The number of alkyl halides is 1. The van der Waals surface area contributed by atoms with E-state index in [2.05, 4.69) is 27.7 Å². The third-order valence-corrected chi connectivity index (χ3v) is 9.02. The average molecular weight is 379 g/mol. The van der Waals surface area contributed by atoms with Gasteiger partial charge in [-0.1, -0.05) is 53.4 Å². The number of rotatable bonds is 6. The summed E-state index contributed by atoms with van der Waals surface area (Å²) in [6, 6.07) is 0. The zero-order valence-electron chi connectivity index (χ0n) is 18.8. The molecule has 4 unspecified atom stereocenters. The van der Waals surface area contributed by atoms with Gasteiger partial charge in [0.1, 0.15) is 6.17 Å². The molecule has 4 atom stereocenters. The summed E-state index contributed by atoms with van der Waals surface area (Å²) in [7, 11) is 0. The van der Waals surface area contributed by atoms with Gasteiger partial charge in [-0.15, -0.1) is 0 Å². The molecule has 3 fully saturated rings. The molecular formula is C26H47F. The molecule has 0 spiro atoms. The van der Waals surface area contributed by atoms with E-state index >= 15 is 4.39 Å². The van der Waals surface area contributed by atoms with E-state index in [-0.39, 0.29) is 0 Å². The Labute approximate surface area is 169 Å². The molecule has 0 aromatic rings. The molecule has 0 radical (unpaired) electrons. The second kappa shape index (κ2) is 10.1. The summed E-state index contributed by atoms with van der Waals surface area (Å²) in [5.74, 6) is 6.21. The van der Waals surface area contributed by atoms with Gasteiger partial charge >= 0.3 is 0 Å². The third-order valence-electron chi connectivity index (χ3n) is 9.02. The van der Waals surface area contributed by atoms with Gasteiger partial charge in [0.15, 0.2) is 0 Å². The second-order valence-corrected chi connectivity index (χ2v) is 11.4. The van der Waals surface area contributed by atoms with Crippen LogP contribution in [-0.4, -0.2) is 6.17 Å². The van der Waals surface area contributed by atoms with Crippen molar-refractivity contribution in [2.24, 2.45) is 47.3 Å². The van der Waals surface area contributed by atoms with Gasteiger partial charge in [0.2, 0.25) is 0 Å². The Morgan fingerprint density at radius 1 is 0.704 bits per heavy atom. The van der Waals surface area contributed by atoms with Crippen LogP contribution in [0.5, 0.6) is 0 Å². The Hall–Kier alpha value is -0.0700. The van der Waals surface area contributed by atoms with Crippen LogP contribution in [0.2, 0.25) is 0 Å². The Morgan fingerprint density at radius 2 is 1.30 bits per heavy atom. The van der Waals surface area contributed by atoms with E-state index in [9.17, 15) is 0 Å². The summed E-state index contributed by atoms with van der Waals surface area (Å²) in [6.07, 6.45) is 16.6. The highest BCUT2D eigenvalue weighted by molar-refractivity contribution is 4.90. The van der Waals surface area contributed by atoms with Crippen molar-refractivity contribution in [1.29, 1.82) is 0 Å². The van der Waals surface area contributed by atoms with E-state index in [1.165, 1.54) is 77.0 Å². The molecule has 1 heteroatoms. The first kappa shape index (κ1) is 21.6. The average Bonchev–Trinajstić information content (AvgIpc) is 2.67. The van der Waals surface area contributed by atoms with Gasteiger partial charge in [-0.05, 0) is 105 Å². The van der Waals surface area contributed by atoms with E-state index in [0.29, 0.717) is 17.8 Å². The van der Waals surface area contributed by atoms with E-state index in [1.54, 1.807) is 0 Å². The molecule has 3 saturated carbocycles. The maximum Gasteiger partial charge on any atom is 0.103 e. The van der Waals surface area contributed by atoms with E-state index < -0.39 is 6.17 Å². The van der Waals surface area contributed by atoms with Gasteiger partial charge in [0.25, 0.3) is 0 Å². The lowest BCUT2D eigenvalue weighted by Crippen LogP contribution is -2.36. The fourth-order valence-electron chi connectivity index (χ4n) is 6.86. The van der Waals surface area contributed by atoms with Crippen molar-refractivity contribution in [1.82, 2.24) is 0 Å². The summed E-state index contributed by atoms with van der Waals surface area (Å²) >= 11 is 0. The molecule has 3 aliphatic carbocycles. The Morgan fingerprint density at radius 3 is 1.89 bits per heavy atom. The fraction of sp³-hybridized carbons (Fsp3) is 1.00. The summed E-state index contributed by atoms with van der Waals surface area (Å²) in [6.45, 7) is 9.56. The van der Waals surface area contributed by atoms with Gasteiger partial charge in [0.05, 0.1) is 0 Å². The molecule has 0 aliphatic heterocycles. The molecule has 0 heterocycles. The van der Waals surface area contributed by atoms with Crippen molar-refractivity contribution < 1.29 is 4.39 Å². The van der Waals surface area contributed by atoms with Gasteiger partial charge < -0.3 is 0 Å². The quantitative estimate of drug-likeness (QED) is 0.435. The predicted octanol–water partition coefficient (Wildman–Crippen LogP) is 8.45. The van der Waals surface area contributed by atoms with Gasteiger partial charge in [-0.3, -0.25) is 0 Å². The van der Waals surface area contributed by atoms with Crippen molar-refractivity contribution in [3.05, 3.63) is 0 Å². The molecule has 0 N–H and O–H groups in total. The second-order valence-electron chi connectivity index (χ2n) is 11.4. The van der Waals surface area contributed by atoms with Gasteiger partial charge in [-0.2, -0.15) is 0 Å². The molecule has 3 rings (SSSR count).